The largest absolute Gasteiger partial charge is 0.491 e. The summed E-state index contributed by atoms with van der Waals surface area (Å²) in [4.78, 5) is 25.8. The summed E-state index contributed by atoms with van der Waals surface area (Å²) in [6.07, 6.45) is 3.24. The zero-order valence-corrected chi connectivity index (χ0v) is 13.6. The number of nitrogens with one attached hydrogen (secondary N) is 1. The van der Waals surface area contributed by atoms with E-state index in [4.69, 9.17) is 4.74 Å². The van der Waals surface area contributed by atoms with Gasteiger partial charge in [-0.25, -0.2) is 0 Å². The Morgan fingerprint density at radius 2 is 2.17 bits per heavy atom. The summed E-state index contributed by atoms with van der Waals surface area (Å²) in [5.74, 6) is 1.42. The predicted octanol–water partition coefficient (Wildman–Crippen LogP) is 1.89. The van der Waals surface area contributed by atoms with Crippen LogP contribution in [-0.2, 0) is 22.6 Å². The van der Waals surface area contributed by atoms with Gasteiger partial charge in [0.05, 0.1) is 6.54 Å². The van der Waals surface area contributed by atoms with Crippen molar-refractivity contribution in [3.63, 3.8) is 0 Å². The topological polar surface area (TPSA) is 58.6 Å². The van der Waals surface area contributed by atoms with Crippen molar-refractivity contribution in [1.82, 2.24) is 10.2 Å². The van der Waals surface area contributed by atoms with Crippen LogP contribution in [0.25, 0.3) is 0 Å². The van der Waals surface area contributed by atoms with E-state index in [1.165, 1.54) is 0 Å². The molecule has 0 aromatic heterocycles. The molecule has 1 aliphatic carbocycles. The van der Waals surface area contributed by atoms with Crippen LogP contribution in [0.4, 0.5) is 0 Å². The number of nitrogens with zero attached hydrogens (tertiary/aromatic N) is 1. The first-order valence-electron chi connectivity index (χ1n) is 8.47. The van der Waals surface area contributed by atoms with Gasteiger partial charge in [0, 0.05) is 31.0 Å². The van der Waals surface area contributed by atoms with Crippen molar-refractivity contribution in [3.05, 3.63) is 29.3 Å². The summed E-state index contributed by atoms with van der Waals surface area (Å²) in [5, 5.41) is 2.81. The van der Waals surface area contributed by atoms with E-state index >= 15 is 0 Å². The van der Waals surface area contributed by atoms with Crippen LogP contribution in [-0.4, -0.2) is 36.4 Å². The molecular formula is C18H24N2O3. The Labute approximate surface area is 137 Å². The second-order valence-corrected chi connectivity index (χ2v) is 6.28. The Morgan fingerprint density at radius 3 is 2.91 bits per heavy atom. The molecule has 2 aliphatic rings. The molecule has 0 bridgehead atoms. The van der Waals surface area contributed by atoms with Gasteiger partial charge in [0.15, 0.2) is 0 Å². The molecule has 1 N–H and O–H groups in total. The molecule has 1 aromatic carbocycles. The van der Waals surface area contributed by atoms with Crippen molar-refractivity contribution in [1.29, 1.82) is 0 Å². The average molecular weight is 316 g/mol. The maximum atomic E-state index is 12.3. The lowest BCUT2D eigenvalue weighted by molar-refractivity contribution is -0.133. The van der Waals surface area contributed by atoms with Crippen molar-refractivity contribution in [2.24, 2.45) is 5.92 Å². The Bertz CT molecular complexity index is 596. The summed E-state index contributed by atoms with van der Waals surface area (Å²) < 4.78 is 5.77. The molecule has 2 amide bonds. The lowest BCUT2D eigenvalue weighted by atomic mass is 10.0. The van der Waals surface area contributed by atoms with E-state index in [0.717, 1.165) is 29.7 Å². The number of amides is 2. The number of hydrogen-bond donors (Lipinski definition) is 1. The van der Waals surface area contributed by atoms with Gasteiger partial charge in [-0.2, -0.15) is 0 Å². The highest BCUT2D eigenvalue weighted by Crippen LogP contribution is 2.33. The summed E-state index contributed by atoms with van der Waals surface area (Å²) >= 11 is 0. The zero-order valence-electron chi connectivity index (χ0n) is 13.6. The highest BCUT2D eigenvalue weighted by molar-refractivity contribution is 5.81. The first-order chi connectivity index (χ1) is 11.2. The standard InChI is InChI=1S/C18H24N2O3/c1-2-19-17(21)8-4-13-3-7-16-15(11-13)12-20(9-10-23-16)18(22)14-5-6-14/h3,7,11,14H,2,4-6,8-10,12H2,1H3,(H,19,21). The molecule has 23 heavy (non-hydrogen) atoms. The van der Waals surface area contributed by atoms with Crippen LogP contribution >= 0.6 is 0 Å². The molecule has 0 spiro atoms. The fourth-order valence-corrected chi connectivity index (χ4v) is 2.92. The minimum absolute atomic E-state index is 0.0734. The molecule has 1 fully saturated rings. The summed E-state index contributed by atoms with van der Waals surface area (Å²) in [6.45, 7) is 4.39. The van der Waals surface area contributed by atoms with Crippen LogP contribution in [0, 0.1) is 5.92 Å². The SMILES string of the molecule is CCNC(=O)CCc1ccc2c(c1)CN(C(=O)C1CC1)CCO2. The number of hydrogen-bond acceptors (Lipinski definition) is 3. The lowest BCUT2D eigenvalue weighted by Gasteiger charge is -2.19. The minimum atomic E-state index is 0.0734. The highest BCUT2D eigenvalue weighted by atomic mass is 16.5. The van der Waals surface area contributed by atoms with E-state index in [2.05, 4.69) is 11.4 Å². The molecule has 0 unspecified atom stereocenters. The maximum absolute atomic E-state index is 12.3. The average Bonchev–Trinajstić information content (AvgIpc) is 3.38. The molecule has 0 saturated heterocycles. The van der Waals surface area contributed by atoms with Gasteiger partial charge in [-0.1, -0.05) is 12.1 Å². The van der Waals surface area contributed by atoms with Crippen molar-refractivity contribution in [2.45, 2.75) is 39.2 Å². The Hall–Kier alpha value is -2.04. The van der Waals surface area contributed by atoms with Gasteiger partial charge in [0.2, 0.25) is 11.8 Å². The molecule has 5 nitrogen and oxygen atoms in total. The van der Waals surface area contributed by atoms with Gasteiger partial charge in [0.1, 0.15) is 12.4 Å². The molecule has 1 aromatic rings. The molecule has 1 heterocycles. The first-order valence-corrected chi connectivity index (χ1v) is 8.47. The number of carbonyl (C=O) groups excluding carboxylic acids is 2. The van der Waals surface area contributed by atoms with Crippen LogP contribution in [0.1, 0.15) is 37.3 Å². The number of ether oxygens (including phenoxy) is 1. The molecule has 3 rings (SSSR count). The Morgan fingerprint density at radius 1 is 1.35 bits per heavy atom. The quantitative estimate of drug-likeness (QED) is 0.902. The first kappa shape index (κ1) is 15.8. The molecule has 0 radical (unpaired) electrons. The fraction of sp³-hybridized carbons (Fsp3) is 0.556. The summed E-state index contributed by atoms with van der Waals surface area (Å²) in [5.41, 5.74) is 2.16. The summed E-state index contributed by atoms with van der Waals surface area (Å²) in [6, 6.07) is 6.05. The molecule has 1 aliphatic heterocycles. The fourth-order valence-electron chi connectivity index (χ4n) is 2.92. The maximum Gasteiger partial charge on any atom is 0.226 e. The second kappa shape index (κ2) is 7.02. The molecule has 124 valence electrons. The second-order valence-electron chi connectivity index (χ2n) is 6.28. The van der Waals surface area contributed by atoms with Crippen molar-refractivity contribution in [3.8, 4) is 5.75 Å². The number of carbonyl (C=O) groups is 2. The Kier molecular flexibility index (Phi) is 4.84. The van der Waals surface area contributed by atoms with E-state index in [9.17, 15) is 9.59 Å². The smallest absolute Gasteiger partial charge is 0.226 e. The minimum Gasteiger partial charge on any atom is -0.491 e. The Balaban J connectivity index is 1.67. The third-order valence-corrected chi connectivity index (χ3v) is 4.36. The van der Waals surface area contributed by atoms with Gasteiger partial charge in [-0.15, -0.1) is 0 Å². The zero-order chi connectivity index (χ0) is 16.2. The monoisotopic (exact) mass is 316 g/mol. The van der Waals surface area contributed by atoms with Crippen LogP contribution in [0.15, 0.2) is 18.2 Å². The molecule has 5 heteroatoms. The highest BCUT2D eigenvalue weighted by Gasteiger charge is 2.34. The molecule has 0 atom stereocenters. The lowest BCUT2D eigenvalue weighted by Crippen LogP contribution is -2.33. The van der Waals surface area contributed by atoms with E-state index in [-0.39, 0.29) is 17.7 Å². The summed E-state index contributed by atoms with van der Waals surface area (Å²) in [7, 11) is 0. The van der Waals surface area contributed by atoms with E-state index in [0.29, 0.717) is 39.1 Å². The number of rotatable bonds is 5. The van der Waals surface area contributed by atoms with Crippen molar-refractivity contribution < 1.29 is 14.3 Å². The van der Waals surface area contributed by atoms with Crippen LogP contribution < -0.4 is 10.1 Å². The van der Waals surface area contributed by atoms with Gasteiger partial charge < -0.3 is 15.0 Å². The van der Waals surface area contributed by atoms with Gasteiger partial charge in [0.25, 0.3) is 0 Å². The third-order valence-electron chi connectivity index (χ3n) is 4.36. The number of benzene rings is 1. The van der Waals surface area contributed by atoms with Crippen LogP contribution in [0.2, 0.25) is 0 Å². The number of aryl methyl sites for hydroxylation is 1. The van der Waals surface area contributed by atoms with Crippen molar-refractivity contribution >= 4 is 11.8 Å². The van der Waals surface area contributed by atoms with Gasteiger partial charge in [-0.3, -0.25) is 9.59 Å². The molecule has 1 saturated carbocycles. The predicted molar refractivity (Wildman–Crippen MR) is 87.1 cm³/mol. The van der Waals surface area contributed by atoms with Crippen LogP contribution in [0.3, 0.4) is 0 Å². The van der Waals surface area contributed by atoms with E-state index < -0.39 is 0 Å². The normalized spacial score (nSPS) is 17.0. The van der Waals surface area contributed by atoms with Gasteiger partial charge >= 0.3 is 0 Å². The van der Waals surface area contributed by atoms with Crippen LogP contribution in [0.5, 0.6) is 5.75 Å². The van der Waals surface area contributed by atoms with Gasteiger partial charge in [-0.05, 0) is 37.8 Å². The van der Waals surface area contributed by atoms with E-state index in [1.807, 2.05) is 24.0 Å². The third kappa shape index (κ3) is 4.03. The van der Waals surface area contributed by atoms with E-state index in [1.54, 1.807) is 0 Å². The number of fused-ring (bicyclic) bond motifs is 1. The van der Waals surface area contributed by atoms with Crippen molar-refractivity contribution in [2.75, 3.05) is 19.7 Å². The molecular weight excluding hydrogens is 292 g/mol.